The lowest BCUT2D eigenvalue weighted by atomic mass is 10.0. The summed E-state index contributed by atoms with van der Waals surface area (Å²) in [7, 11) is -1.32. The van der Waals surface area contributed by atoms with Gasteiger partial charge in [0.15, 0.2) is 11.5 Å². The maximum atomic E-state index is 13.7. The van der Waals surface area contributed by atoms with E-state index >= 15 is 0 Å². The van der Waals surface area contributed by atoms with Crippen LogP contribution in [0.25, 0.3) is 10.9 Å². The van der Waals surface area contributed by atoms with Crippen LogP contribution < -0.4 is 15.2 Å². The van der Waals surface area contributed by atoms with Crippen molar-refractivity contribution < 1.29 is 27.4 Å². The normalized spacial score (nSPS) is 11.4. The Morgan fingerprint density at radius 3 is 2.29 bits per heavy atom. The number of benzene rings is 3. The third-order valence-electron chi connectivity index (χ3n) is 5.72. The van der Waals surface area contributed by atoms with E-state index < -0.39 is 16.0 Å². The van der Waals surface area contributed by atoms with Gasteiger partial charge in [0.1, 0.15) is 12.1 Å². The second-order valence-electron chi connectivity index (χ2n) is 7.97. The summed E-state index contributed by atoms with van der Waals surface area (Å²) < 4.78 is 45.0. The quantitative estimate of drug-likeness (QED) is 0.290. The van der Waals surface area contributed by atoms with Crippen molar-refractivity contribution in [2.24, 2.45) is 0 Å². The molecule has 0 saturated heterocycles. The lowest BCUT2D eigenvalue weighted by Crippen LogP contribution is -2.14. The molecule has 0 amide bonds. The first-order chi connectivity index (χ1) is 16.8. The molecule has 0 fully saturated rings. The molecular weight excluding hydrogens is 468 g/mol. The Hall–Kier alpha value is -3.98. The fraction of sp³-hybridized carbons (Fsp3) is 0.192. The highest BCUT2D eigenvalue weighted by atomic mass is 32.2. The molecule has 0 unspecified atom stereocenters. The van der Waals surface area contributed by atoms with E-state index in [2.05, 4.69) is 0 Å². The van der Waals surface area contributed by atoms with Crippen molar-refractivity contribution in [3.63, 3.8) is 0 Å². The maximum absolute atomic E-state index is 13.7. The molecule has 3 aromatic carbocycles. The standard InChI is InChI=1S/C26H26N2O6S/c1-17-9-11-19(12-10-17)35(30,31)28-14-13-20-21(15-22(29)32-2)23(27)25(33-3)26(24(20)28)34-16-18-7-5-4-6-8-18/h4-14H,15-16,27H2,1-3H3. The zero-order chi connectivity index (χ0) is 25.2. The first-order valence-corrected chi connectivity index (χ1v) is 12.3. The first kappa shape index (κ1) is 24.2. The number of carbonyl (C=O) groups excluding carboxylic acids is 1. The monoisotopic (exact) mass is 494 g/mol. The Bertz CT molecular complexity index is 1480. The van der Waals surface area contributed by atoms with Crippen LogP contribution in [0.3, 0.4) is 0 Å². The number of nitrogens with zero attached hydrogens (tertiary/aromatic N) is 1. The van der Waals surface area contributed by atoms with E-state index in [4.69, 9.17) is 19.9 Å². The number of anilines is 1. The number of hydrogen-bond acceptors (Lipinski definition) is 7. The average Bonchev–Trinajstić information content (AvgIpc) is 3.31. The minimum Gasteiger partial charge on any atom is -0.491 e. The molecule has 0 radical (unpaired) electrons. The van der Waals surface area contributed by atoms with Crippen LogP contribution in [0, 0.1) is 6.92 Å². The van der Waals surface area contributed by atoms with Gasteiger partial charge in [0.25, 0.3) is 10.0 Å². The molecule has 0 aliphatic heterocycles. The van der Waals surface area contributed by atoms with E-state index in [0.29, 0.717) is 10.9 Å². The minimum absolute atomic E-state index is 0.111. The lowest BCUT2D eigenvalue weighted by Gasteiger charge is -2.19. The molecule has 1 aromatic heterocycles. The highest BCUT2D eigenvalue weighted by Crippen LogP contribution is 2.45. The Labute approximate surface area is 203 Å². The molecule has 0 aliphatic rings. The van der Waals surface area contributed by atoms with Gasteiger partial charge in [0.05, 0.1) is 31.2 Å². The summed E-state index contributed by atoms with van der Waals surface area (Å²) in [5, 5.41) is 0.451. The number of carbonyl (C=O) groups is 1. The fourth-order valence-corrected chi connectivity index (χ4v) is 5.24. The number of rotatable bonds is 8. The van der Waals surface area contributed by atoms with E-state index in [1.54, 1.807) is 30.3 Å². The summed E-state index contributed by atoms with van der Waals surface area (Å²) in [6.45, 7) is 2.03. The minimum atomic E-state index is -4.01. The van der Waals surface area contributed by atoms with Gasteiger partial charge < -0.3 is 19.9 Å². The molecule has 35 heavy (non-hydrogen) atoms. The van der Waals surface area contributed by atoms with Gasteiger partial charge in [-0.2, -0.15) is 0 Å². The van der Waals surface area contributed by atoms with Crippen LogP contribution in [0.5, 0.6) is 11.5 Å². The summed E-state index contributed by atoms with van der Waals surface area (Å²) in [6, 6.07) is 17.6. The molecule has 182 valence electrons. The van der Waals surface area contributed by atoms with Gasteiger partial charge in [0.2, 0.25) is 0 Å². The summed E-state index contributed by atoms with van der Waals surface area (Å²) in [5.74, 6) is -0.211. The number of methoxy groups -OCH3 is 2. The third kappa shape index (κ3) is 4.54. The van der Waals surface area contributed by atoms with Crippen molar-refractivity contribution in [3.8, 4) is 11.5 Å². The van der Waals surface area contributed by atoms with E-state index in [1.807, 2.05) is 37.3 Å². The Balaban J connectivity index is 1.98. The molecule has 8 nitrogen and oxygen atoms in total. The van der Waals surface area contributed by atoms with Crippen LogP contribution >= 0.6 is 0 Å². The fourth-order valence-electron chi connectivity index (χ4n) is 3.89. The zero-order valence-corrected chi connectivity index (χ0v) is 20.5. The molecule has 0 atom stereocenters. The largest absolute Gasteiger partial charge is 0.491 e. The van der Waals surface area contributed by atoms with E-state index in [9.17, 15) is 13.2 Å². The van der Waals surface area contributed by atoms with Gasteiger partial charge in [0, 0.05) is 11.6 Å². The van der Waals surface area contributed by atoms with Crippen LogP contribution in [0.4, 0.5) is 5.69 Å². The van der Waals surface area contributed by atoms with Crippen molar-refractivity contribution >= 4 is 32.6 Å². The number of aryl methyl sites for hydroxylation is 1. The Morgan fingerprint density at radius 1 is 0.971 bits per heavy atom. The second-order valence-corrected chi connectivity index (χ2v) is 9.79. The number of aromatic nitrogens is 1. The molecule has 2 N–H and O–H groups in total. The highest BCUT2D eigenvalue weighted by Gasteiger charge is 2.28. The molecule has 1 heterocycles. The Kier molecular flexibility index (Phi) is 6.70. The predicted octanol–water partition coefficient (Wildman–Crippen LogP) is 4.07. The van der Waals surface area contributed by atoms with Gasteiger partial charge in [-0.3, -0.25) is 4.79 Å². The van der Waals surface area contributed by atoms with Crippen molar-refractivity contribution in [3.05, 3.63) is 83.6 Å². The van der Waals surface area contributed by atoms with Crippen molar-refractivity contribution in [1.29, 1.82) is 0 Å². The summed E-state index contributed by atoms with van der Waals surface area (Å²) in [4.78, 5) is 12.3. The number of nitrogen functional groups attached to an aromatic ring is 1. The second kappa shape index (κ2) is 9.71. The van der Waals surface area contributed by atoms with Gasteiger partial charge in [-0.05, 0) is 36.2 Å². The SMILES string of the molecule is COC(=O)Cc1c(N)c(OC)c(OCc2ccccc2)c2c1ccn2S(=O)(=O)c1ccc(C)cc1. The van der Waals surface area contributed by atoms with Crippen molar-refractivity contribution in [2.45, 2.75) is 24.8 Å². The summed E-state index contributed by atoms with van der Waals surface area (Å²) >= 11 is 0. The molecule has 0 saturated carbocycles. The molecule has 4 aromatic rings. The zero-order valence-electron chi connectivity index (χ0n) is 19.6. The van der Waals surface area contributed by atoms with Crippen molar-refractivity contribution in [1.82, 2.24) is 3.97 Å². The molecule has 0 bridgehead atoms. The third-order valence-corrected chi connectivity index (χ3v) is 7.42. The van der Waals surface area contributed by atoms with E-state index in [0.717, 1.165) is 15.1 Å². The highest BCUT2D eigenvalue weighted by molar-refractivity contribution is 7.90. The molecule has 4 rings (SSSR count). The number of esters is 1. The molecule has 0 aliphatic carbocycles. The summed E-state index contributed by atoms with van der Waals surface area (Å²) in [6.07, 6.45) is 1.26. The number of ether oxygens (including phenoxy) is 3. The van der Waals surface area contributed by atoms with Gasteiger partial charge in [-0.25, -0.2) is 12.4 Å². The maximum Gasteiger partial charge on any atom is 0.310 e. The van der Waals surface area contributed by atoms with E-state index in [-0.39, 0.29) is 40.6 Å². The van der Waals surface area contributed by atoms with Crippen LogP contribution in [0.1, 0.15) is 16.7 Å². The van der Waals surface area contributed by atoms with Gasteiger partial charge in [-0.15, -0.1) is 0 Å². The molecule has 0 spiro atoms. The van der Waals surface area contributed by atoms with Crippen molar-refractivity contribution in [2.75, 3.05) is 20.0 Å². The predicted molar refractivity (Wildman–Crippen MR) is 133 cm³/mol. The van der Waals surface area contributed by atoms with Gasteiger partial charge >= 0.3 is 5.97 Å². The van der Waals surface area contributed by atoms with Gasteiger partial charge in [-0.1, -0.05) is 48.0 Å². The van der Waals surface area contributed by atoms with Crippen LogP contribution in [0.2, 0.25) is 0 Å². The topological polar surface area (TPSA) is 110 Å². The first-order valence-electron chi connectivity index (χ1n) is 10.8. The molecule has 9 heteroatoms. The average molecular weight is 495 g/mol. The number of fused-ring (bicyclic) bond motifs is 1. The Morgan fingerprint density at radius 2 is 1.66 bits per heavy atom. The summed E-state index contributed by atoms with van der Waals surface area (Å²) in [5.41, 5.74) is 9.02. The number of nitrogens with two attached hydrogens (primary N) is 1. The smallest absolute Gasteiger partial charge is 0.310 e. The lowest BCUT2D eigenvalue weighted by molar-refractivity contribution is -0.139. The van der Waals surface area contributed by atoms with Crippen LogP contribution in [-0.4, -0.2) is 32.6 Å². The molecular formula is C26H26N2O6S. The van der Waals surface area contributed by atoms with Crippen LogP contribution in [-0.2, 0) is 32.6 Å². The van der Waals surface area contributed by atoms with Crippen LogP contribution in [0.15, 0.2) is 71.8 Å². The van der Waals surface area contributed by atoms with E-state index in [1.165, 1.54) is 20.4 Å². The number of hydrogen-bond donors (Lipinski definition) is 1.